The maximum atomic E-state index is 10.7. The average Bonchev–Trinajstić information content (AvgIpc) is 2.28. The van der Waals surface area contributed by atoms with E-state index < -0.39 is 19.9 Å². The van der Waals surface area contributed by atoms with Gasteiger partial charge in [-0.1, -0.05) is 0 Å². The third-order valence-corrected chi connectivity index (χ3v) is 3.14. The quantitative estimate of drug-likeness (QED) is 0.455. The zero-order valence-corrected chi connectivity index (χ0v) is 10.3. The molecular formula is C9H8N2O4Se. The van der Waals surface area contributed by atoms with E-state index in [2.05, 4.69) is 0 Å². The monoisotopic (exact) mass is 288 g/mol. The van der Waals surface area contributed by atoms with Crippen LogP contribution in [0, 0.1) is 20.3 Å². The summed E-state index contributed by atoms with van der Waals surface area (Å²) in [5.74, 6) is 0.479. The zero-order valence-electron chi connectivity index (χ0n) is 8.59. The van der Waals surface area contributed by atoms with Crippen molar-refractivity contribution in [3.8, 4) is 16.5 Å². The summed E-state index contributed by atoms with van der Waals surface area (Å²) in [4.78, 5) is 12.2. The van der Waals surface area contributed by atoms with Crippen LogP contribution in [-0.4, -0.2) is 34.1 Å². The van der Waals surface area contributed by atoms with Gasteiger partial charge in [0.2, 0.25) is 0 Å². The molecule has 16 heavy (non-hydrogen) atoms. The Bertz CT molecular complexity index is 456. The number of methoxy groups -OCH3 is 2. The molecule has 0 unspecified atom stereocenters. The van der Waals surface area contributed by atoms with Gasteiger partial charge in [-0.3, -0.25) is 0 Å². The Morgan fingerprint density at radius 1 is 1.38 bits per heavy atom. The molecule has 1 aromatic rings. The minimum atomic E-state index is -0.551. The molecule has 0 amide bonds. The SMILES string of the molecule is COc1cc([N+](=O)[O-])c(OC)cc1[Se]C#N. The number of ether oxygens (including phenoxy) is 2. The van der Waals surface area contributed by atoms with Gasteiger partial charge in [0.1, 0.15) is 0 Å². The molecule has 0 bridgehead atoms. The molecule has 0 atom stereocenters. The van der Waals surface area contributed by atoms with Crippen LogP contribution >= 0.6 is 0 Å². The van der Waals surface area contributed by atoms with E-state index in [-0.39, 0.29) is 11.4 Å². The Labute approximate surface area is 98.1 Å². The standard InChI is InChI=1S/C9H8N2O4Se/c1-14-7-4-9(16-5-10)8(15-2)3-6(7)11(12)13/h3-4H,1-2H3. The number of hydrogen-bond acceptors (Lipinski definition) is 5. The minimum absolute atomic E-state index is 0.137. The summed E-state index contributed by atoms with van der Waals surface area (Å²) in [7, 11) is 2.75. The summed E-state index contributed by atoms with van der Waals surface area (Å²) in [6.07, 6.45) is 0. The molecule has 0 radical (unpaired) electrons. The van der Waals surface area contributed by atoms with E-state index >= 15 is 0 Å². The fourth-order valence-corrected chi connectivity index (χ4v) is 2.19. The van der Waals surface area contributed by atoms with Crippen molar-refractivity contribution in [3.63, 3.8) is 0 Å². The summed E-state index contributed by atoms with van der Waals surface area (Å²) in [5, 5.41) is 19.4. The van der Waals surface area contributed by atoms with Crippen LogP contribution in [0.3, 0.4) is 0 Å². The molecule has 0 aliphatic heterocycles. The Balaban J connectivity index is 3.35. The number of nitrogens with zero attached hydrogens (tertiary/aromatic N) is 2. The van der Waals surface area contributed by atoms with E-state index in [9.17, 15) is 10.1 Å². The summed E-state index contributed by atoms with van der Waals surface area (Å²) in [5.41, 5.74) is -0.170. The Morgan fingerprint density at radius 2 is 2.00 bits per heavy atom. The van der Waals surface area contributed by atoms with Gasteiger partial charge in [-0.05, 0) is 0 Å². The van der Waals surface area contributed by atoms with Crippen LogP contribution in [0.4, 0.5) is 5.69 Å². The molecule has 0 spiro atoms. The van der Waals surface area contributed by atoms with Gasteiger partial charge in [0.25, 0.3) is 0 Å². The predicted octanol–water partition coefficient (Wildman–Crippen LogP) is 0.423. The van der Waals surface area contributed by atoms with Crippen molar-refractivity contribution in [2.24, 2.45) is 0 Å². The average molecular weight is 287 g/mol. The van der Waals surface area contributed by atoms with Crippen molar-refractivity contribution in [3.05, 3.63) is 22.2 Å². The van der Waals surface area contributed by atoms with Crippen molar-refractivity contribution >= 4 is 25.1 Å². The van der Waals surface area contributed by atoms with E-state index in [1.807, 2.05) is 4.97 Å². The Kier molecular flexibility index (Phi) is 4.11. The van der Waals surface area contributed by atoms with Gasteiger partial charge in [-0.25, -0.2) is 0 Å². The first-order chi connectivity index (χ1) is 7.63. The van der Waals surface area contributed by atoms with Crippen molar-refractivity contribution in [1.82, 2.24) is 0 Å². The molecule has 1 rings (SSSR count). The van der Waals surface area contributed by atoms with E-state index in [0.29, 0.717) is 10.2 Å². The van der Waals surface area contributed by atoms with Gasteiger partial charge in [-0.2, -0.15) is 0 Å². The number of nitro benzene ring substituents is 1. The third kappa shape index (κ3) is 2.42. The van der Waals surface area contributed by atoms with Crippen molar-refractivity contribution in [2.75, 3.05) is 14.2 Å². The maximum absolute atomic E-state index is 10.7. The van der Waals surface area contributed by atoms with Gasteiger partial charge in [0.05, 0.1) is 0 Å². The second kappa shape index (κ2) is 5.35. The molecule has 0 fully saturated rings. The second-order valence-corrected chi connectivity index (χ2v) is 4.36. The predicted molar refractivity (Wildman–Crippen MR) is 57.2 cm³/mol. The van der Waals surface area contributed by atoms with Gasteiger partial charge in [0, 0.05) is 0 Å². The summed E-state index contributed by atoms with van der Waals surface area (Å²) >= 11 is -0.451. The molecule has 1 aromatic carbocycles. The van der Waals surface area contributed by atoms with E-state index in [1.165, 1.54) is 26.4 Å². The zero-order chi connectivity index (χ0) is 12.1. The molecule has 6 nitrogen and oxygen atoms in total. The van der Waals surface area contributed by atoms with Crippen molar-refractivity contribution in [1.29, 1.82) is 5.26 Å². The summed E-state index contributed by atoms with van der Waals surface area (Å²) in [6.45, 7) is 0. The fourth-order valence-electron chi connectivity index (χ4n) is 1.13. The number of hydrogen-bond donors (Lipinski definition) is 0. The van der Waals surface area contributed by atoms with Gasteiger partial charge >= 0.3 is 97.7 Å². The molecule has 7 heteroatoms. The van der Waals surface area contributed by atoms with Crippen LogP contribution in [0.1, 0.15) is 0 Å². The van der Waals surface area contributed by atoms with Crippen LogP contribution in [0.25, 0.3) is 0 Å². The topological polar surface area (TPSA) is 85.4 Å². The van der Waals surface area contributed by atoms with Gasteiger partial charge in [0.15, 0.2) is 0 Å². The normalized spacial score (nSPS) is 9.31. The first-order valence-electron chi connectivity index (χ1n) is 4.10. The molecule has 0 N–H and O–H groups in total. The molecular weight excluding hydrogens is 279 g/mol. The first-order valence-corrected chi connectivity index (χ1v) is 5.81. The number of benzene rings is 1. The van der Waals surface area contributed by atoms with Gasteiger partial charge in [-0.15, -0.1) is 0 Å². The molecule has 84 valence electrons. The molecule has 0 saturated heterocycles. The van der Waals surface area contributed by atoms with E-state index in [1.54, 1.807) is 0 Å². The molecule has 0 aromatic heterocycles. The second-order valence-electron chi connectivity index (χ2n) is 2.63. The number of nitro groups is 1. The van der Waals surface area contributed by atoms with E-state index in [0.717, 1.165) is 0 Å². The molecule has 0 saturated carbocycles. The third-order valence-electron chi connectivity index (χ3n) is 1.82. The fraction of sp³-hybridized carbons (Fsp3) is 0.222. The number of nitriles is 1. The Morgan fingerprint density at radius 3 is 2.44 bits per heavy atom. The summed E-state index contributed by atoms with van der Waals surface area (Å²) in [6, 6.07) is 2.74. The molecule has 0 aliphatic carbocycles. The van der Waals surface area contributed by atoms with Crippen LogP contribution in [-0.2, 0) is 0 Å². The molecule has 0 aliphatic rings. The van der Waals surface area contributed by atoms with Crippen LogP contribution in [0.2, 0.25) is 0 Å². The van der Waals surface area contributed by atoms with E-state index in [4.69, 9.17) is 14.7 Å². The first kappa shape index (κ1) is 12.3. The summed E-state index contributed by atoms with van der Waals surface area (Å²) < 4.78 is 10.5. The number of rotatable bonds is 4. The van der Waals surface area contributed by atoms with Gasteiger partial charge < -0.3 is 0 Å². The van der Waals surface area contributed by atoms with Crippen LogP contribution in [0.15, 0.2) is 12.1 Å². The molecule has 0 heterocycles. The van der Waals surface area contributed by atoms with Crippen LogP contribution in [0.5, 0.6) is 11.5 Å². The van der Waals surface area contributed by atoms with Crippen molar-refractivity contribution in [2.45, 2.75) is 0 Å². The van der Waals surface area contributed by atoms with Crippen molar-refractivity contribution < 1.29 is 14.4 Å². The Hall–Kier alpha value is -1.77. The van der Waals surface area contributed by atoms with Crippen LogP contribution < -0.4 is 13.9 Å².